The van der Waals surface area contributed by atoms with Crippen LogP contribution in [-0.4, -0.2) is 41.9 Å². The molecule has 2 aromatic carbocycles. The molecule has 2 heterocycles. The van der Waals surface area contributed by atoms with Crippen LogP contribution < -0.4 is 0 Å². The van der Waals surface area contributed by atoms with E-state index >= 15 is 0 Å². The van der Waals surface area contributed by atoms with Crippen LogP contribution in [0, 0.1) is 0 Å². The number of amides is 1. The molecule has 2 unspecified atom stereocenters. The van der Waals surface area contributed by atoms with E-state index < -0.39 is 0 Å². The number of hydrogen-bond acceptors (Lipinski definition) is 3. The van der Waals surface area contributed by atoms with Crippen LogP contribution in [0.2, 0.25) is 0 Å². The summed E-state index contributed by atoms with van der Waals surface area (Å²) in [4.78, 5) is 18.0. The Bertz CT molecular complexity index is 1000. The van der Waals surface area contributed by atoms with Gasteiger partial charge < -0.3 is 4.90 Å². The molecule has 3 aromatic rings. The maximum atomic E-state index is 13.3. The van der Waals surface area contributed by atoms with Crippen molar-refractivity contribution in [1.29, 1.82) is 0 Å². The molecule has 0 N–H and O–H groups in total. The van der Waals surface area contributed by atoms with E-state index in [1.165, 1.54) is 34.1 Å². The first-order chi connectivity index (χ1) is 13.7. The van der Waals surface area contributed by atoms with Crippen LogP contribution in [0.4, 0.5) is 0 Å². The molecule has 3 nitrogen and oxygen atoms in total. The van der Waals surface area contributed by atoms with Crippen molar-refractivity contribution in [3.63, 3.8) is 0 Å². The molecule has 0 bridgehead atoms. The highest BCUT2D eigenvalue weighted by molar-refractivity contribution is 7.17. The molecule has 1 aliphatic heterocycles. The Labute approximate surface area is 170 Å². The van der Waals surface area contributed by atoms with E-state index in [9.17, 15) is 4.79 Å². The van der Waals surface area contributed by atoms with E-state index in [1.807, 2.05) is 11.9 Å². The summed E-state index contributed by atoms with van der Waals surface area (Å²) in [7, 11) is 2.01. The molecule has 4 heteroatoms. The van der Waals surface area contributed by atoms with Crippen molar-refractivity contribution in [1.82, 2.24) is 9.80 Å². The Balaban J connectivity index is 1.43. The van der Waals surface area contributed by atoms with E-state index in [0.717, 1.165) is 25.1 Å². The minimum absolute atomic E-state index is 0.156. The first kappa shape index (κ1) is 17.9. The molecule has 1 aromatic heterocycles. The fraction of sp³-hybridized carbons (Fsp3) is 0.375. The SMILES string of the molecule is CN(C(=O)Cc1cccc2sccc12)C1c2ccccc2CC1N1CCCC1. The van der Waals surface area contributed by atoms with Gasteiger partial charge in [-0.2, -0.15) is 0 Å². The molecule has 0 saturated carbocycles. The smallest absolute Gasteiger partial charge is 0.227 e. The fourth-order valence-electron chi connectivity index (χ4n) is 5.08. The molecule has 1 aliphatic carbocycles. The normalized spacial score (nSPS) is 21.9. The van der Waals surface area contributed by atoms with Crippen LogP contribution >= 0.6 is 11.3 Å². The van der Waals surface area contributed by atoms with Gasteiger partial charge in [0.1, 0.15) is 0 Å². The zero-order valence-corrected chi connectivity index (χ0v) is 17.1. The number of fused-ring (bicyclic) bond motifs is 2. The van der Waals surface area contributed by atoms with E-state index in [-0.39, 0.29) is 11.9 Å². The molecule has 2 atom stereocenters. The molecule has 1 amide bonds. The van der Waals surface area contributed by atoms with E-state index in [4.69, 9.17) is 0 Å². The van der Waals surface area contributed by atoms with Gasteiger partial charge in [-0.15, -0.1) is 11.3 Å². The number of likely N-dealkylation sites (N-methyl/N-ethyl adjacent to an activating group) is 1. The lowest BCUT2D eigenvalue weighted by Crippen LogP contribution is -2.44. The topological polar surface area (TPSA) is 23.6 Å². The largest absolute Gasteiger partial charge is 0.337 e. The number of benzene rings is 2. The van der Waals surface area contributed by atoms with Gasteiger partial charge in [0, 0.05) is 17.8 Å². The Hall–Kier alpha value is -2.17. The lowest BCUT2D eigenvalue weighted by atomic mass is 10.0. The number of carbonyl (C=O) groups excluding carboxylic acids is 1. The van der Waals surface area contributed by atoms with Crippen LogP contribution in [0.1, 0.15) is 35.6 Å². The van der Waals surface area contributed by atoms with Crippen LogP contribution in [-0.2, 0) is 17.6 Å². The average molecular weight is 391 g/mol. The van der Waals surface area contributed by atoms with Crippen LogP contribution in [0.25, 0.3) is 10.1 Å². The molecule has 5 rings (SSSR count). The third kappa shape index (κ3) is 3.05. The number of likely N-dealkylation sites (tertiary alicyclic amines) is 1. The zero-order chi connectivity index (χ0) is 19.1. The van der Waals surface area contributed by atoms with Crippen molar-refractivity contribution < 1.29 is 4.79 Å². The molecule has 28 heavy (non-hydrogen) atoms. The monoisotopic (exact) mass is 390 g/mol. The van der Waals surface area contributed by atoms with Crippen LogP contribution in [0.3, 0.4) is 0 Å². The van der Waals surface area contributed by atoms with Crippen LogP contribution in [0.15, 0.2) is 53.9 Å². The van der Waals surface area contributed by atoms with Gasteiger partial charge in [-0.1, -0.05) is 36.4 Å². The molecular formula is C24H26N2OS. The van der Waals surface area contributed by atoms with Crippen molar-refractivity contribution in [3.8, 4) is 0 Å². The third-order valence-corrected chi connectivity index (χ3v) is 7.40. The minimum atomic E-state index is 0.156. The molecule has 1 saturated heterocycles. The highest BCUT2D eigenvalue weighted by Crippen LogP contribution is 2.39. The second-order valence-corrected chi connectivity index (χ2v) is 9.04. The van der Waals surface area contributed by atoms with E-state index in [1.54, 1.807) is 11.3 Å². The standard InChI is InChI=1S/C24H26N2OS/c1-25(23(27)16-18-8-6-10-22-19(18)11-14-28-22)24-20-9-3-2-7-17(20)15-21(24)26-12-4-5-13-26/h2-3,6-11,14,21,24H,4-5,12-13,15-16H2,1H3. The highest BCUT2D eigenvalue weighted by Gasteiger charge is 2.40. The number of thiophene rings is 1. The minimum Gasteiger partial charge on any atom is -0.337 e. The summed E-state index contributed by atoms with van der Waals surface area (Å²) in [5, 5.41) is 3.33. The second-order valence-electron chi connectivity index (χ2n) is 8.09. The van der Waals surface area contributed by atoms with Gasteiger partial charge in [0.15, 0.2) is 0 Å². The molecule has 2 aliphatic rings. The summed E-state index contributed by atoms with van der Waals surface area (Å²) in [5.41, 5.74) is 3.88. The summed E-state index contributed by atoms with van der Waals surface area (Å²) in [5.74, 6) is 0.213. The number of nitrogens with zero attached hydrogens (tertiary/aromatic N) is 2. The lowest BCUT2D eigenvalue weighted by molar-refractivity contribution is -0.132. The Morgan fingerprint density at radius 1 is 1.11 bits per heavy atom. The predicted octanol–water partition coefficient (Wildman–Crippen LogP) is 4.66. The highest BCUT2D eigenvalue weighted by atomic mass is 32.1. The zero-order valence-electron chi connectivity index (χ0n) is 16.3. The van der Waals surface area contributed by atoms with Crippen molar-refractivity contribution >= 4 is 27.3 Å². The van der Waals surface area contributed by atoms with E-state index in [0.29, 0.717) is 12.5 Å². The van der Waals surface area contributed by atoms with Crippen molar-refractivity contribution in [2.45, 2.75) is 37.8 Å². The van der Waals surface area contributed by atoms with Gasteiger partial charge >= 0.3 is 0 Å². The summed E-state index contributed by atoms with van der Waals surface area (Å²) in [6, 6.07) is 17.7. The summed E-state index contributed by atoms with van der Waals surface area (Å²) in [6.07, 6.45) is 4.07. The van der Waals surface area contributed by atoms with Crippen molar-refractivity contribution in [2.75, 3.05) is 20.1 Å². The first-order valence-corrected chi connectivity index (χ1v) is 11.1. The first-order valence-electron chi connectivity index (χ1n) is 10.2. The van der Waals surface area contributed by atoms with E-state index in [2.05, 4.69) is 58.8 Å². The summed E-state index contributed by atoms with van der Waals surface area (Å²) in [6.45, 7) is 2.32. The fourth-order valence-corrected chi connectivity index (χ4v) is 5.91. The van der Waals surface area contributed by atoms with Gasteiger partial charge in [-0.3, -0.25) is 9.69 Å². The quantitative estimate of drug-likeness (QED) is 0.647. The van der Waals surface area contributed by atoms with Gasteiger partial charge in [-0.25, -0.2) is 0 Å². The Morgan fingerprint density at radius 2 is 1.93 bits per heavy atom. The summed E-state index contributed by atoms with van der Waals surface area (Å²) < 4.78 is 1.26. The van der Waals surface area contributed by atoms with Gasteiger partial charge in [0.05, 0.1) is 12.5 Å². The maximum Gasteiger partial charge on any atom is 0.227 e. The molecule has 144 valence electrons. The summed E-state index contributed by atoms with van der Waals surface area (Å²) >= 11 is 1.74. The maximum absolute atomic E-state index is 13.3. The Morgan fingerprint density at radius 3 is 2.79 bits per heavy atom. The Kier molecular flexibility index (Phi) is 4.69. The number of carbonyl (C=O) groups is 1. The molecular weight excluding hydrogens is 364 g/mol. The molecule has 0 radical (unpaired) electrons. The second kappa shape index (κ2) is 7.34. The predicted molar refractivity (Wildman–Crippen MR) is 116 cm³/mol. The third-order valence-electron chi connectivity index (χ3n) is 6.52. The van der Waals surface area contributed by atoms with Crippen molar-refractivity contribution in [2.24, 2.45) is 0 Å². The van der Waals surface area contributed by atoms with Gasteiger partial charge in [0.25, 0.3) is 0 Å². The number of rotatable bonds is 4. The van der Waals surface area contributed by atoms with Crippen molar-refractivity contribution in [3.05, 3.63) is 70.6 Å². The molecule has 1 fully saturated rings. The number of hydrogen-bond donors (Lipinski definition) is 0. The molecule has 0 spiro atoms. The van der Waals surface area contributed by atoms with Crippen LogP contribution in [0.5, 0.6) is 0 Å². The average Bonchev–Trinajstić information content (AvgIpc) is 3.45. The lowest BCUT2D eigenvalue weighted by Gasteiger charge is -2.35. The van der Waals surface area contributed by atoms with Gasteiger partial charge in [-0.05, 0) is 71.9 Å². The van der Waals surface area contributed by atoms with Gasteiger partial charge in [0.2, 0.25) is 5.91 Å².